The van der Waals surface area contributed by atoms with E-state index >= 15 is 0 Å². The largest absolute Gasteiger partial charge is 0.339 e. The van der Waals surface area contributed by atoms with Gasteiger partial charge < -0.3 is 10.6 Å². The van der Waals surface area contributed by atoms with Crippen molar-refractivity contribution < 1.29 is 4.79 Å². The summed E-state index contributed by atoms with van der Waals surface area (Å²) in [5.74, 6) is 1.33. The maximum absolute atomic E-state index is 11.6. The van der Waals surface area contributed by atoms with Crippen LogP contribution in [0.15, 0.2) is 34.8 Å². The number of benzene rings is 1. The van der Waals surface area contributed by atoms with E-state index < -0.39 is 0 Å². The average molecular weight is 347 g/mol. The highest BCUT2D eigenvalue weighted by atomic mass is 79.9. The summed E-state index contributed by atoms with van der Waals surface area (Å²) in [7, 11) is 0. The second-order valence-corrected chi connectivity index (χ2v) is 6.01. The maximum atomic E-state index is 11.6. The number of carbonyl (C=O) groups is 1. The minimum Gasteiger partial charge on any atom is -0.339 e. The van der Waals surface area contributed by atoms with Gasteiger partial charge in [0.1, 0.15) is 0 Å². The fourth-order valence-electron chi connectivity index (χ4n) is 1.91. The Bertz CT molecular complexity index is 668. The highest BCUT2D eigenvalue weighted by molar-refractivity contribution is 9.10. The number of hydrogen-bond acceptors (Lipinski definition) is 4. The molecule has 0 unspecified atom stereocenters. The number of amides is 1. The van der Waals surface area contributed by atoms with Crippen LogP contribution in [0.2, 0.25) is 0 Å². The second kappa shape index (κ2) is 5.81. The Morgan fingerprint density at radius 1 is 1.19 bits per heavy atom. The van der Waals surface area contributed by atoms with E-state index in [1.807, 2.05) is 25.1 Å². The molecule has 0 bridgehead atoms. The van der Waals surface area contributed by atoms with E-state index in [9.17, 15) is 4.79 Å². The van der Waals surface area contributed by atoms with Crippen molar-refractivity contribution in [2.75, 3.05) is 10.6 Å². The van der Waals surface area contributed by atoms with Gasteiger partial charge in [-0.05, 0) is 55.7 Å². The van der Waals surface area contributed by atoms with Crippen LogP contribution in [-0.4, -0.2) is 16.1 Å². The van der Waals surface area contributed by atoms with Crippen molar-refractivity contribution in [2.24, 2.45) is 5.92 Å². The molecular weight excluding hydrogens is 332 g/mol. The summed E-state index contributed by atoms with van der Waals surface area (Å²) in [6, 6.07) is 9.51. The van der Waals surface area contributed by atoms with E-state index in [0.717, 1.165) is 28.6 Å². The minimum atomic E-state index is 0.0357. The number of nitrogens with one attached hydrogen (secondary N) is 2. The van der Waals surface area contributed by atoms with Crippen molar-refractivity contribution in [2.45, 2.75) is 19.8 Å². The van der Waals surface area contributed by atoms with Crippen LogP contribution in [-0.2, 0) is 4.79 Å². The highest BCUT2D eigenvalue weighted by Gasteiger charge is 2.29. The fraction of sp³-hybridized carbons (Fsp3) is 0.267. The second-order valence-electron chi connectivity index (χ2n) is 5.16. The molecule has 2 aromatic rings. The zero-order valence-electron chi connectivity index (χ0n) is 11.6. The predicted molar refractivity (Wildman–Crippen MR) is 85.5 cm³/mol. The number of rotatable bonds is 4. The number of anilines is 3. The van der Waals surface area contributed by atoms with Crippen molar-refractivity contribution in [3.63, 3.8) is 0 Å². The Balaban J connectivity index is 1.65. The van der Waals surface area contributed by atoms with Gasteiger partial charge >= 0.3 is 0 Å². The van der Waals surface area contributed by atoms with Gasteiger partial charge in [-0.15, -0.1) is 10.2 Å². The van der Waals surface area contributed by atoms with E-state index in [0.29, 0.717) is 11.6 Å². The third-order valence-electron chi connectivity index (χ3n) is 3.29. The van der Waals surface area contributed by atoms with Gasteiger partial charge in [-0.1, -0.05) is 15.9 Å². The molecule has 0 saturated heterocycles. The first-order chi connectivity index (χ1) is 10.1. The molecule has 108 valence electrons. The van der Waals surface area contributed by atoms with Crippen LogP contribution >= 0.6 is 15.9 Å². The highest BCUT2D eigenvalue weighted by Crippen LogP contribution is 2.30. The van der Waals surface area contributed by atoms with Crippen LogP contribution in [0.5, 0.6) is 0 Å². The quantitative estimate of drug-likeness (QED) is 0.886. The van der Waals surface area contributed by atoms with Crippen LogP contribution < -0.4 is 10.6 Å². The molecule has 1 fully saturated rings. The standard InChI is InChI=1S/C15H15BrN4O/c1-9-8-11(4-5-12(9)16)17-13-6-7-14(20-19-13)18-15(21)10-2-3-10/h4-8,10H,2-3H2,1H3,(H,17,19)(H,18,20,21). The van der Waals surface area contributed by atoms with Gasteiger partial charge in [-0.25, -0.2) is 0 Å². The van der Waals surface area contributed by atoms with Gasteiger partial charge in [0, 0.05) is 16.1 Å². The molecule has 1 aromatic carbocycles. The third kappa shape index (κ3) is 3.58. The summed E-state index contributed by atoms with van der Waals surface area (Å²) in [5.41, 5.74) is 2.08. The number of halogens is 1. The molecule has 0 aliphatic heterocycles. The number of aryl methyl sites for hydroxylation is 1. The van der Waals surface area contributed by atoms with Gasteiger partial charge in [0.05, 0.1) is 0 Å². The number of hydrogen-bond donors (Lipinski definition) is 2. The first-order valence-corrected chi connectivity index (χ1v) is 7.59. The van der Waals surface area contributed by atoms with Gasteiger partial charge in [-0.3, -0.25) is 4.79 Å². The summed E-state index contributed by atoms with van der Waals surface area (Å²) in [6.45, 7) is 2.03. The van der Waals surface area contributed by atoms with Gasteiger partial charge in [0.25, 0.3) is 0 Å². The molecular formula is C15H15BrN4O. The van der Waals surface area contributed by atoms with E-state index in [2.05, 4.69) is 36.8 Å². The van der Waals surface area contributed by atoms with Crippen LogP contribution in [0.4, 0.5) is 17.3 Å². The molecule has 2 N–H and O–H groups in total. The van der Waals surface area contributed by atoms with Crippen LogP contribution in [0.1, 0.15) is 18.4 Å². The zero-order valence-corrected chi connectivity index (χ0v) is 13.1. The van der Waals surface area contributed by atoms with Crippen LogP contribution in [0, 0.1) is 12.8 Å². The number of carbonyl (C=O) groups excluding carboxylic acids is 1. The average Bonchev–Trinajstić information content (AvgIpc) is 3.30. The summed E-state index contributed by atoms with van der Waals surface area (Å²) in [5, 5.41) is 14.0. The molecule has 1 aliphatic rings. The molecule has 1 aliphatic carbocycles. The normalized spacial score (nSPS) is 13.8. The van der Waals surface area contributed by atoms with E-state index in [1.165, 1.54) is 0 Å². The topological polar surface area (TPSA) is 66.9 Å². The van der Waals surface area contributed by atoms with Crippen LogP contribution in [0.25, 0.3) is 0 Å². The molecule has 6 heteroatoms. The van der Waals surface area contributed by atoms with E-state index in [-0.39, 0.29) is 11.8 Å². The molecule has 1 amide bonds. The molecule has 21 heavy (non-hydrogen) atoms. The first-order valence-electron chi connectivity index (χ1n) is 6.79. The SMILES string of the molecule is Cc1cc(Nc2ccc(NC(=O)C3CC3)nn2)ccc1Br. The number of aromatic nitrogens is 2. The molecule has 1 aromatic heterocycles. The van der Waals surface area contributed by atoms with Crippen molar-refractivity contribution >= 4 is 39.2 Å². The zero-order chi connectivity index (χ0) is 14.8. The van der Waals surface area contributed by atoms with Crippen molar-refractivity contribution in [1.82, 2.24) is 10.2 Å². The third-order valence-corrected chi connectivity index (χ3v) is 4.18. The van der Waals surface area contributed by atoms with E-state index in [4.69, 9.17) is 0 Å². The lowest BCUT2D eigenvalue weighted by Gasteiger charge is -2.08. The lowest BCUT2D eigenvalue weighted by Crippen LogP contribution is -2.14. The first kappa shape index (κ1) is 14.0. The summed E-state index contributed by atoms with van der Waals surface area (Å²) < 4.78 is 1.07. The molecule has 1 heterocycles. The van der Waals surface area contributed by atoms with Gasteiger partial charge in [0.2, 0.25) is 5.91 Å². The molecule has 0 spiro atoms. The van der Waals surface area contributed by atoms with Gasteiger partial charge in [-0.2, -0.15) is 0 Å². The van der Waals surface area contributed by atoms with Crippen molar-refractivity contribution in [3.8, 4) is 0 Å². The summed E-state index contributed by atoms with van der Waals surface area (Å²) in [4.78, 5) is 11.6. The monoisotopic (exact) mass is 346 g/mol. The van der Waals surface area contributed by atoms with Gasteiger partial charge in [0.15, 0.2) is 11.6 Å². The Kier molecular flexibility index (Phi) is 3.88. The van der Waals surface area contributed by atoms with Crippen molar-refractivity contribution in [3.05, 3.63) is 40.4 Å². The Hall–Kier alpha value is -1.95. The summed E-state index contributed by atoms with van der Waals surface area (Å²) >= 11 is 3.47. The van der Waals surface area contributed by atoms with Crippen molar-refractivity contribution in [1.29, 1.82) is 0 Å². The smallest absolute Gasteiger partial charge is 0.228 e. The molecule has 1 saturated carbocycles. The maximum Gasteiger partial charge on any atom is 0.228 e. The Labute approximate surface area is 131 Å². The molecule has 0 radical (unpaired) electrons. The lowest BCUT2D eigenvalue weighted by atomic mass is 10.2. The fourth-order valence-corrected chi connectivity index (χ4v) is 2.16. The Morgan fingerprint density at radius 2 is 1.90 bits per heavy atom. The minimum absolute atomic E-state index is 0.0357. The Morgan fingerprint density at radius 3 is 2.52 bits per heavy atom. The van der Waals surface area contributed by atoms with Crippen LogP contribution in [0.3, 0.4) is 0 Å². The molecule has 0 atom stereocenters. The number of nitrogens with zero attached hydrogens (tertiary/aromatic N) is 2. The summed E-state index contributed by atoms with van der Waals surface area (Å²) in [6.07, 6.45) is 1.95. The molecule has 5 nitrogen and oxygen atoms in total. The molecule has 3 rings (SSSR count). The lowest BCUT2D eigenvalue weighted by molar-refractivity contribution is -0.117. The van der Waals surface area contributed by atoms with E-state index in [1.54, 1.807) is 12.1 Å². The predicted octanol–water partition coefficient (Wildman–Crippen LogP) is 3.64.